The monoisotopic (exact) mass is 525 g/mol. The quantitative estimate of drug-likeness (QED) is 0.174. The highest BCUT2D eigenvalue weighted by atomic mass is 35.5. The van der Waals surface area contributed by atoms with Crippen molar-refractivity contribution < 1.29 is 35.9 Å². The van der Waals surface area contributed by atoms with Crippen LogP contribution >= 0.6 is 11.6 Å². The Balaban J connectivity index is 1.45. The third-order valence-electron chi connectivity index (χ3n) is 5.28. The van der Waals surface area contributed by atoms with E-state index in [9.17, 15) is 26.7 Å². The third-order valence-corrected chi connectivity index (χ3v) is 5.53. The maximum absolute atomic E-state index is 13.8. The summed E-state index contributed by atoms with van der Waals surface area (Å²) >= 11 is 5.91. The number of ether oxygens (including phenoxy) is 1. The van der Waals surface area contributed by atoms with Crippen molar-refractivity contribution in [1.29, 1.82) is 0 Å². The topological polar surface area (TPSA) is 69.3 Å². The third kappa shape index (κ3) is 4.92. The van der Waals surface area contributed by atoms with Crippen molar-refractivity contribution in [3.8, 4) is 5.75 Å². The van der Waals surface area contributed by atoms with Gasteiger partial charge in [-0.2, -0.15) is 13.9 Å². The van der Waals surface area contributed by atoms with Crippen LogP contribution in [0.4, 0.5) is 27.6 Å². The number of amides is 1. The van der Waals surface area contributed by atoms with Crippen LogP contribution in [-0.4, -0.2) is 15.7 Å². The van der Waals surface area contributed by atoms with Gasteiger partial charge in [0.15, 0.2) is 11.5 Å². The molecule has 0 saturated heterocycles. The summed E-state index contributed by atoms with van der Waals surface area (Å²) in [5, 5.41) is 7.74. The van der Waals surface area contributed by atoms with Crippen LogP contribution in [0.3, 0.4) is 0 Å². The molecule has 2 aromatic carbocycles. The second kappa shape index (κ2) is 10.0. The number of anilines is 1. The van der Waals surface area contributed by atoms with Crippen LogP contribution in [-0.2, 0) is 13.2 Å². The molecule has 0 aliphatic heterocycles. The second-order valence-electron chi connectivity index (χ2n) is 7.74. The molecule has 1 N–H and O–H groups in total. The number of benzene rings is 2. The molecular weight excluding hydrogens is 509 g/mol. The Bertz CT molecular complexity index is 1420. The van der Waals surface area contributed by atoms with Gasteiger partial charge in [0.2, 0.25) is 29.1 Å². The Hall–Kier alpha value is -3.86. The fourth-order valence-corrected chi connectivity index (χ4v) is 3.53. The number of carbonyl (C=O) groups excluding carboxylic acids is 1. The van der Waals surface area contributed by atoms with Crippen LogP contribution in [0.15, 0.2) is 40.8 Å². The van der Waals surface area contributed by atoms with E-state index in [1.165, 1.54) is 12.1 Å². The average molecular weight is 526 g/mol. The molecule has 36 heavy (non-hydrogen) atoms. The van der Waals surface area contributed by atoms with Crippen molar-refractivity contribution in [2.75, 3.05) is 5.32 Å². The molecule has 4 rings (SSSR count). The summed E-state index contributed by atoms with van der Waals surface area (Å²) in [6.45, 7) is 3.24. The fraction of sp³-hybridized carbons (Fsp3) is 0.167. The molecular formula is C24H17ClF5N3O3. The molecule has 2 aromatic heterocycles. The second-order valence-corrected chi connectivity index (χ2v) is 8.17. The summed E-state index contributed by atoms with van der Waals surface area (Å²) in [5.41, 5.74) is 2.64. The van der Waals surface area contributed by atoms with Crippen molar-refractivity contribution in [2.24, 2.45) is 0 Å². The number of aromatic nitrogens is 2. The van der Waals surface area contributed by atoms with Crippen molar-refractivity contribution in [1.82, 2.24) is 9.78 Å². The van der Waals surface area contributed by atoms with Crippen LogP contribution < -0.4 is 10.1 Å². The molecule has 0 spiro atoms. The summed E-state index contributed by atoms with van der Waals surface area (Å²) in [6.07, 6.45) is 0. The molecule has 12 heteroatoms. The van der Waals surface area contributed by atoms with Crippen LogP contribution in [0.2, 0.25) is 5.02 Å². The predicted molar refractivity (Wildman–Crippen MR) is 119 cm³/mol. The highest BCUT2D eigenvalue weighted by Gasteiger charge is 2.27. The standard InChI is InChI=1S/C24H17ClF5N3O3/c1-11-22(12(2)33(32-11)9-13-3-5-14(25)6-4-13)31-24(34)16-8-7-15(36-16)10-35-23-20(29)18(27)17(26)19(28)21(23)30/h3-8H,9-10H2,1-2H3,(H,31,34). The van der Waals surface area contributed by atoms with E-state index in [4.69, 9.17) is 20.8 Å². The molecule has 0 unspecified atom stereocenters. The first-order valence-electron chi connectivity index (χ1n) is 10.4. The summed E-state index contributed by atoms with van der Waals surface area (Å²) in [5.74, 6) is -13.1. The molecule has 0 radical (unpaired) electrons. The minimum Gasteiger partial charge on any atom is -0.479 e. The maximum Gasteiger partial charge on any atom is 0.291 e. The lowest BCUT2D eigenvalue weighted by molar-refractivity contribution is 0.0992. The van der Waals surface area contributed by atoms with Gasteiger partial charge in [0.05, 0.1) is 23.6 Å². The molecule has 0 aliphatic rings. The summed E-state index contributed by atoms with van der Waals surface area (Å²) in [6, 6.07) is 9.77. The molecule has 6 nitrogen and oxygen atoms in total. The van der Waals surface area contributed by atoms with Crippen LogP contribution in [0, 0.1) is 42.9 Å². The lowest BCUT2D eigenvalue weighted by Gasteiger charge is -2.09. The smallest absolute Gasteiger partial charge is 0.291 e. The van der Waals surface area contributed by atoms with E-state index < -0.39 is 47.3 Å². The molecule has 4 aromatic rings. The minimum absolute atomic E-state index is 0.0871. The predicted octanol–water partition coefficient (Wildman–Crippen LogP) is 6.32. The highest BCUT2D eigenvalue weighted by molar-refractivity contribution is 6.30. The number of halogens is 6. The molecule has 0 bridgehead atoms. The van der Waals surface area contributed by atoms with Crippen molar-refractivity contribution in [3.05, 3.63) is 99.0 Å². The van der Waals surface area contributed by atoms with Gasteiger partial charge in [-0.1, -0.05) is 23.7 Å². The zero-order valence-corrected chi connectivity index (χ0v) is 19.5. The van der Waals surface area contributed by atoms with Crippen molar-refractivity contribution in [2.45, 2.75) is 27.0 Å². The highest BCUT2D eigenvalue weighted by Crippen LogP contribution is 2.30. The summed E-state index contributed by atoms with van der Waals surface area (Å²) < 4.78 is 79.1. The Morgan fingerprint density at radius 1 is 0.972 bits per heavy atom. The molecule has 0 fully saturated rings. The van der Waals surface area contributed by atoms with E-state index in [1.807, 2.05) is 12.1 Å². The van der Waals surface area contributed by atoms with Crippen molar-refractivity contribution >= 4 is 23.2 Å². The van der Waals surface area contributed by atoms with E-state index in [1.54, 1.807) is 30.7 Å². The first-order chi connectivity index (χ1) is 17.1. The molecule has 0 aliphatic carbocycles. The van der Waals surface area contributed by atoms with E-state index in [0.717, 1.165) is 5.56 Å². The van der Waals surface area contributed by atoms with Gasteiger partial charge in [-0.3, -0.25) is 9.48 Å². The number of carbonyl (C=O) groups is 1. The number of furan rings is 1. The number of hydrogen-bond acceptors (Lipinski definition) is 4. The normalized spacial score (nSPS) is 11.1. The first-order valence-corrected chi connectivity index (χ1v) is 10.8. The maximum atomic E-state index is 13.8. The van der Waals surface area contributed by atoms with Crippen LogP contribution in [0.1, 0.15) is 33.3 Å². The lowest BCUT2D eigenvalue weighted by Crippen LogP contribution is -2.12. The van der Waals surface area contributed by atoms with Crippen LogP contribution in [0.5, 0.6) is 5.75 Å². The average Bonchev–Trinajstić information content (AvgIpc) is 3.43. The number of nitrogens with zero attached hydrogens (tertiary/aromatic N) is 2. The number of nitrogens with one attached hydrogen (secondary N) is 1. The van der Waals surface area contributed by atoms with Crippen LogP contribution in [0.25, 0.3) is 0 Å². The Labute approximate surface area is 206 Å². The molecule has 2 heterocycles. The first kappa shape index (κ1) is 25.2. The SMILES string of the molecule is Cc1nn(Cc2ccc(Cl)cc2)c(C)c1NC(=O)c1ccc(COc2c(F)c(F)c(F)c(F)c2F)o1. The van der Waals surface area contributed by atoms with Gasteiger partial charge in [0, 0.05) is 5.02 Å². The number of aryl methyl sites for hydroxylation is 1. The Kier molecular flexibility index (Phi) is 7.02. The number of rotatable bonds is 7. The Morgan fingerprint density at radius 3 is 2.22 bits per heavy atom. The summed E-state index contributed by atoms with van der Waals surface area (Å²) in [4.78, 5) is 12.7. The lowest BCUT2D eigenvalue weighted by atomic mass is 10.2. The Morgan fingerprint density at radius 2 is 1.58 bits per heavy atom. The van der Waals surface area contributed by atoms with E-state index in [0.29, 0.717) is 28.6 Å². The number of hydrogen-bond donors (Lipinski definition) is 1. The van der Waals surface area contributed by atoms with Gasteiger partial charge in [0.25, 0.3) is 5.91 Å². The molecule has 1 amide bonds. The largest absolute Gasteiger partial charge is 0.479 e. The van der Waals surface area contributed by atoms with Gasteiger partial charge in [0.1, 0.15) is 12.4 Å². The summed E-state index contributed by atoms with van der Waals surface area (Å²) in [7, 11) is 0. The minimum atomic E-state index is -2.30. The van der Waals surface area contributed by atoms with Gasteiger partial charge >= 0.3 is 0 Å². The van der Waals surface area contributed by atoms with E-state index >= 15 is 0 Å². The zero-order valence-electron chi connectivity index (χ0n) is 18.8. The fourth-order valence-electron chi connectivity index (χ4n) is 3.40. The molecule has 188 valence electrons. The molecule has 0 saturated carbocycles. The van der Waals surface area contributed by atoms with Gasteiger partial charge in [-0.25, -0.2) is 13.2 Å². The van der Waals surface area contributed by atoms with Crippen molar-refractivity contribution in [3.63, 3.8) is 0 Å². The molecule has 0 atom stereocenters. The van der Waals surface area contributed by atoms with E-state index in [2.05, 4.69) is 10.4 Å². The van der Waals surface area contributed by atoms with Gasteiger partial charge in [-0.15, -0.1) is 0 Å². The zero-order chi connectivity index (χ0) is 26.1. The van der Waals surface area contributed by atoms with Gasteiger partial charge in [-0.05, 0) is 43.7 Å². The van der Waals surface area contributed by atoms with E-state index in [-0.39, 0.29) is 11.5 Å². The van der Waals surface area contributed by atoms with Gasteiger partial charge < -0.3 is 14.5 Å².